The van der Waals surface area contributed by atoms with Crippen LogP contribution in [-0.4, -0.2) is 67.8 Å². The van der Waals surface area contributed by atoms with E-state index in [-0.39, 0.29) is 10.8 Å². The highest BCUT2D eigenvalue weighted by Gasteiger charge is 2.33. The van der Waals surface area contributed by atoms with Crippen LogP contribution in [-0.2, 0) is 18.9 Å². The number of hydrogen-bond acceptors (Lipinski definition) is 7. The molecule has 4 nitrogen and oxygen atoms in total. The van der Waals surface area contributed by atoms with Gasteiger partial charge >= 0.3 is 0 Å². The van der Waals surface area contributed by atoms with E-state index in [2.05, 4.69) is 41.5 Å². The lowest BCUT2D eigenvalue weighted by molar-refractivity contribution is -0.183. The maximum Gasteiger partial charge on any atom is 0.145 e. The topological polar surface area (TPSA) is 36.9 Å². The second-order valence-electron chi connectivity index (χ2n) is 12.9. The second kappa shape index (κ2) is 35.2. The number of hydrogen-bond donors (Lipinski definition) is 0. The van der Waals surface area contributed by atoms with Gasteiger partial charge in [-0.3, -0.25) is 0 Å². The second-order valence-corrected chi connectivity index (χ2v) is 21.9. The Bertz CT molecular complexity index is 482. The Hall–Kier alpha value is 1.32. The van der Waals surface area contributed by atoms with Crippen LogP contribution in [0.5, 0.6) is 0 Å². The van der Waals surface area contributed by atoms with E-state index in [1.165, 1.54) is 102 Å². The predicted octanol–water partition coefficient (Wildman–Crippen LogP) is 11.5. The maximum atomic E-state index is 6.71. The molecule has 0 fully saturated rings. The van der Waals surface area contributed by atoms with Crippen LogP contribution < -0.4 is 0 Å². The van der Waals surface area contributed by atoms with Crippen molar-refractivity contribution in [2.24, 2.45) is 0 Å². The molecule has 0 saturated heterocycles. The van der Waals surface area contributed by atoms with Crippen LogP contribution in [0.2, 0.25) is 12.1 Å². The number of ether oxygens (including phenoxy) is 4. The molecular formula is C36H78O4S3Si2. The SMILES string of the molecule is CCCCCOC(CCSSSCCC(OCCCCC)(OCCCCC)[SiH2]CCCCC)(OCCCCC)[SiH2]CCCCC. The van der Waals surface area contributed by atoms with E-state index >= 15 is 0 Å². The zero-order valence-electron chi connectivity index (χ0n) is 31.1. The van der Waals surface area contributed by atoms with E-state index in [9.17, 15) is 0 Å². The molecule has 0 aromatic carbocycles. The van der Waals surface area contributed by atoms with Crippen LogP contribution >= 0.6 is 31.4 Å². The highest BCUT2D eigenvalue weighted by molar-refractivity contribution is 9.09. The molecule has 0 atom stereocenters. The van der Waals surface area contributed by atoms with Crippen molar-refractivity contribution in [3.8, 4) is 0 Å². The third kappa shape index (κ3) is 27.8. The van der Waals surface area contributed by atoms with Crippen LogP contribution in [0.15, 0.2) is 0 Å². The Morgan fingerprint density at radius 3 is 0.978 bits per heavy atom. The molecule has 0 aliphatic rings. The summed E-state index contributed by atoms with van der Waals surface area (Å²) in [6.45, 7) is 17.1. The van der Waals surface area contributed by atoms with Crippen LogP contribution in [0.4, 0.5) is 0 Å². The van der Waals surface area contributed by atoms with Crippen molar-refractivity contribution in [3.63, 3.8) is 0 Å². The molecule has 0 radical (unpaired) electrons. The fourth-order valence-corrected chi connectivity index (χ4v) is 14.2. The molecule has 0 bridgehead atoms. The van der Waals surface area contributed by atoms with Crippen molar-refractivity contribution >= 4 is 50.5 Å². The van der Waals surface area contributed by atoms with Crippen molar-refractivity contribution in [1.82, 2.24) is 0 Å². The molecule has 0 amide bonds. The molecule has 9 heteroatoms. The summed E-state index contributed by atoms with van der Waals surface area (Å²) in [6.07, 6.45) is 24.6. The zero-order chi connectivity index (χ0) is 33.2. The lowest BCUT2D eigenvalue weighted by atomic mass is 10.2. The fourth-order valence-electron chi connectivity index (χ4n) is 5.49. The average molecular weight is 727 g/mol. The molecule has 0 aromatic heterocycles. The van der Waals surface area contributed by atoms with Gasteiger partial charge in [-0.05, 0) is 35.5 Å². The van der Waals surface area contributed by atoms with Gasteiger partial charge in [-0.1, -0.05) is 165 Å². The van der Waals surface area contributed by atoms with Gasteiger partial charge in [0.05, 0.1) is 19.0 Å². The van der Waals surface area contributed by atoms with Crippen molar-refractivity contribution in [2.75, 3.05) is 37.9 Å². The summed E-state index contributed by atoms with van der Waals surface area (Å²) in [5.74, 6) is 2.19. The van der Waals surface area contributed by atoms with Crippen molar-refractivity contribution in [3.05, 3.63) is 0 Å². The van der Waals surface area contributed by atoms with E-state index < -0.39 is 19.0 Å². The Kier molecular flexibility index (Phi) is 36.2. The van der Waals surface area contributed by atoms with E-state index in [1.807, 2.05) is 31.4 Å². The highest BCUT2D eigenvalue weighted by atomic mass is 33.5. The Morgan fingerprint density at radius 1 is 0.400 bits per heavy atom. The molecule has 0 aliphatic heterocycles. The van der Waals surface area contributed by atoms with E-state index in [0.717, 1.165) is 76.5 Å². The normalized spacial score (nSPS) is 12.9. The van der Waals surface area contributed by atoms with Crippen LogP contribution in [0.3, 0.4) is 0 Å². The number of unbranched alkanes of at least 4 members (excludes halogenated alkanes) is 12. The van der Waals surface area contributed by atoms with Gasteiger partial charge in [0.15, 0.2) is 0 Å². The van der Waals surface area contributed by atoms with Gasteiger partial charge in [0.1, 0.15) is 10.8 Å². The summed E-state index contributed by atoms with van der Waals surface area (Å²) < 4.78 is 26.8. The molecular weight excluding hydrogens is 649 g/mol. The van der Waals surface area contributed by atoms with Crippen molar-refractivity contribution in [1.29, 1.82) is 0 Å². The van der Waals surface area contributed by atoms with E-state index in [0.29, 0.717) is 0 Å². The molecule has 0 unspecified atom stereocenters. The first-order valence-corrected chi connectivity index (χ1v) is 26.8. The minimum atomic E-state index is -0.473. The third-order valence-corrected chi connectivity index (χ3v) is 17.5. The summed E-state index contributed by atoms with van der Waals surface area (Å²) in [4.78, 5) is 0. The zero-order valence-corrected chi connectivity index (χ0v) is 36.3. The summed E-state index contributed by atoms with van der Waals surface area (Å²) in [5, 5.41) is 0. The monoisotopic (exact) mass is 726 g/mol. The minimum absolute atomic E-state index is 0.272. The van der Waals surface area contributed by atoms with Crippen molar-refractivity contribution < 1.29 is 18.9 Å². The molecule has 272 valence electrons. The highest BCUT2D eigenvalue weighted by Crippen LogP contribution is 2.38. The average Bonchev–Trinajstić information content (AvgIpc) is 3.05. The van der Waals surface area contributed by atoms with Crippen LogP contribution in [0, 0.1) is 0 Å². The molecule has 0 N–H and O–H groups in total. The predicted molar refractivity (Wildman–Crippen MR) is 215 cm³/mol. The van der Waals surface area contributed by atoms with Crippen molar-refractivity contribution in [2.45, 2.75) is 193 Å². The third-order valence-electron chi connectivity index (χ3n) is 8.50. The largest absolute Gasteiger partial charge is 0.354 e. The van der Waals surface area contributed by atoms with Crippen LogP contribution in [0.1, 0.15) is 170 Å². The standard InChI is InChI=1S/C36H78O4S3Si2/c1-7-13-19-27-37-35(38-28-20-14-8-2,44-33-23-17-11-5)25-31-41-43-42-32-26-36(39-29-21-15-9-3,40-30-22-16-10-4)45-34-24-18-12-6/h7-34,44-45H2,1-6H3. The lowest BCUT2D eigenvalue weighted by Crippen LogP contribution is -2.43. The maximum absolute atomic E-state index is 6.71. The molecule has 45 heavy (non-hydrogen) atoms. The minimum Gasteiger partial charge on any atom is -0.354 e. The van der Waals surface area contributed by atoms with Crippen LogP contribution in [0.25, 0.3) is 0 Å². The van der Waals surface area contributed by atoms with Gasteiger partial charge < -0.3 is 18.9 Å². The lowest BCUT2D eigenvalue weighted by Gasteiger charge is -2.35. The summed E-state index contributed by atoms with van der Waals surface area (Å²) in [6, 6.07) is 2.67. The quantitative estimate of drug-likeness (QED) is 0.0271. The first kappa shape index (κ1) is 46.3. The molecule has 0 saturated carbocycles. The van der Waals surface area contributed by atoms with Gasteiger partial charge in [-0.25, -0.2) is 0 Å². The fraction of sp³-hybridized carbons (Fsp3) is 1.00. The van der Waals surface area contributed by atoms with Gasteiger partial charge in [0.2, 0.25) is 0 Å². The van der Waals surface area contributed by atoms with Gasteiger partial charge in [-0.15, -0.1) is 0 Å². The van der Waals surface area contributed by atoms with E-state index in [4.69, 9.17) is 18.9 Å². The summed E-state index contributed by atoms with van der Waals surface area (Å²) in [7, 11) is 5.04. The van der Waals surface area contributed by atoms with Gasteiger partial charge in [0, 0.05) is 50.8 Å². The molecule has 0 aliphatic carbocycles. The first-order valence-electron chi connectivity index (χ1n) is 19.5. The molecule has 0 aromatic rings. The van der Waals surface area contributed by atoms with Gasteiger partial charge in [0.25, 0.3) is 0 Å². The molecule has 0 spiro atoms. The Morgan fingerprint density at radius 2 is 0.689 bits per heavy atom. The Labute approximate surface area is 298 Å². The first-order chi connectivity index (χ1) is 22.1. The van der Waals surface area contributed by atoms with Gasteiger partial charge in [-0.2, -0.15) is 0 Å². The summed E-state index contributed by atoms with van der Waals surface area (Å²) in [5.41, 5.74) is -0.545. The smallest absolute Gasteiger partial charge is 0.145 e. The Balaban J connectivity index is 5.12. The summed E-state index contributed by atoms with van der Waals surface area (Å²) >= 11 is 0. The van der Waals surface area contributed by atoms with E-state index in [1.54, 1.807) is 0 Å². The number of rotatable bonds is 38. The molecule has 0 heterocycles. The molecule has 0 rings (SSSR count).